The highest BCUT2D eigenvalue weighted by Crippen LogP contribution is 2.23. The van der Waals surface area contributed by atoms with Crippen LogP contribution in [-0.4, -0.2) is 13.1 Å². The Bertz CT molecular complexity index is 314. The first-order chi connectivity index (χ1) is 6.57. The van der Waals surface area contributed by atoms with Crippen molar-refractivity contribution in [1.29, 1.82) is 0 Å². The highest BCUT2D eigenvalue weighted by atomic mass is 19.2. The molecule has 0 aliphatic carbocycles. The average molecular weight is 208 g/mol. The van der Waals surface area contributed by atoms with Crippen LogP contribution >= 0.6 is 0 Å². The van der Waals surface area contributed by atoms with Gasteiger partial charge < -0.3 is 11.1 Å². The molecule has 0 saturated heterocycles. The van der Waals surface area contributed by atoms with Gasteiger partial charge in [0, 0.05) is 19.2 Å². The van der Waals surface area contributed by atoms with Crippen LogP contribution in [0.25, 0.3) is 0 Å². The summed E-state index contributed by atoms with van der Waals surface area (Å²) in [5, 5.41) is 2.16. The van der Waals surface area contributed by atoms with Gasteiger partial charge in [-0.1, -0.05) is 0 Å². The average Bonchev–Trinajstić information content (AvgIpc) is 2.15. The molecule has 78 valence electrons. The number of halogens is 4. The number of hydrogen-bond donors (Lipinski definition) is 2. The molecule has 0 aliphatic rings. The molecule has 0 spiro atoms. The minimum atomic E-state index is -1.45. The molecule has 0 radical (unpaired) electrons. The molecule has 0 saturated carbocycles. The molecule has 0 fully saturated rings. The Morgan fingerprint density at radius 2 is 1.57 bits per heavy atom. The van der Waals surface area contributed by atoms with E-state index in [9.17, 15) is 17.6 Å². The van der Waals surface area contributed by atoms with Gasteiger partial charge in [0.1, 0.15) is 5.69 Å². The third kappa shape index (κ3) is 1.95. The van der Waals surface area contributed by atoms with E-state index >= 15 is 0 Å². The molecule has 0 aliphatic heterocycles. The van der Waals surface area contributed by atoms with Gasteiger partial charge >= 0.3 is 0 Å². The standard InChI is InChI=1S/C8H8F4N2/c9-4-3-5(10)7(12)8(6(4)11)14-2-1-13/h3,14H,1-2,13H2. The summed E-state index contributed by atoms with van der Waals surface area (Å²) >= 11 is 0. The molecule has 0 amide bonds. The Morgan fingerprint density at radius 1 is 1.07 bits per heavy atom. The second kappa shape index (κ2) is 4.28. The zero-order valence-electron chi connectivity index (χ0n) is 7.08. The third-order valence-corrected chi connectivity index (χ3v) is 1.56. The lowest BCUT2D eigenvalue weighted by molar-refractivity contribution is 0.458. The van der Waals surface area contributed by atoms with Crippen molar-refractivity contribution < 1.29 is 17.6 Å². The first-order valence-corrected chi connectivity index (χ1v) is 3.85. The molecule has 0 atom stereocenters. The summed E-state index contributed by atoms with van der Waals surface area (Å²) in [6, 6.07) is 0.151. The molecule has 1 rings (SSSR count). The van der Waals surface area contributed by atoms with Gasteiger partial charge in [0.15, 0.2) is 23.3 Å². The lowest BCUT2D eigenvalue weighted by Crippen LogP contribution is -2.16. The molecular weight excluding hydrogens is 200 g/mol. The summed E-state index contributed by atoms with van der Waals surface area (Å²) in [4.78, 5) is 0. The van der Waals surface area contributed by atoms with Gasteiger partial charge in [0.2, 0.25) is 0 Å². The molecule has 2 nitrogen and oxygen atoms in total. The zero-order chi connectivity index (χ0) is 10.7. The number of rotatable bonds is 3. The van der Waals surface area contributed by atoms with Crippen molar-refractivity contribution in [3.05, 3.63) is 29.3 Å². The van der Waals surface area contributed by atoms with Crippen molar-refractivity contribution in [2.45, 2.75) is 0 Å². The predicted octanol–water partition coefficient (Wildman–Crippen LogP) is 1.61. The molecule has 0 heterocycles. The van der Waals surface area contributed by atoms with Crippen LogP contribution in [0.4, 0.5) is 23.2 Å². The second-order valence-corrected chi connectivity index (χ2v) is 2.56. The van der Waals surface area contributed by atoms with Crippen molar-refractivity contribution in [1.82, 2.24) is 0 Å². The molecule has 1 aromatic carbocycles. The van der Waals surface area contributed by atoms with Crippen molar-refractivity contribution >= 4 is 5.69 Å². The summed E-state index contributed by atoms with van der Waals surface area (Å²) < 4.78 is 51.0. The van der Waals surface area contributed by atoms with Gasteiger partial charge in [0.25, 0.3) is 0 Å². The molecule has 6 heteroatoms. The van der Waals surface area contributed by atoms with E-state index < -0.39 is 29.0 Å². The molecule has 14 heavy (non-hydrogen) atoms. The van der Waals surface area contributed by atoms with Crippen molar-refractivity contribution in [2.75, 3.05) is 18.4 Å². The first kappa shape index (κ1) is 10.8. The maximum Gasteiger partial charge on any atom is 0.185 e. The van der Waals surface area contributed by atoms with Crippen LogP contribution in [-0.2, 0) is 0 Å². The minimum absolute atomic E-state index is 0.0245. The summed E-state index contributed by atoms with van der Waals surface area (Å²) in [6.45, 7) is 0.119. The van der Waals surface area contributed by atoms with E-state index in [4.69, 9.17) is 5.73 Å². The van der Waals surface area contributed by atoms with Crippen LogP contribution in [0.5, 0.6) is 0 Å². The van der Waals surface area contributed by atoms with Crippen LogP contribution in [0, 0.1) is 23.3 Å². The minimum Gasteiger partial charge on any atom is -0.379 e. The highest BCUT2D eigenvalue weighted by Gasteiger charge is 2.18. The maximum atomic E-state index is 12.9. The van der Waals surface area contributed by atoms with Crippen molar-refractivity contribution in [3.63, 3.8) is 0 Å². The number of hydrogen-bond acceptors (Lipinski definition) is 2. The molecule has 0 bridgehead atoms. The van der Waals surface area contributed by atoms with E-state index in [1.54, 1.807) is 0 Å². The fraction of sp³-hybridized carbons (Fsp3) is 0.250. The quantitative estimate of drug-likeness (QED) is 0.585. The number of nitrogens with two attached hydrogens (primary N) is 1. The van der Waals surface area contributed by atoms with Crippen LogP contribution < -0.4 is 11.1 Å². The summed E-state index contributed by atoms with van der Waals surface area (Å²) in [7, 11) is 0. The van der Waals surface area contributed by atoms with Crippen LogP contribution in [0.1, 0.15) is 0 Å². The van der Waals surface area contributed by atoms with E-state index in [-0.39, 0.29) is 19.2 Å². The third-order valence-electron chi connectivity index (χ3n) is 1.56. The predicted molar refractivity (Wildman–Crippen MR) is 43.8 cm³/mol. The normalized spacial score (nSPS) is 10.4. The van der Waals surface area contributed by atoms with Crippen molar-refractivity contribution in [3.8, 4) is 0 Å². The Hall–Kier alpha value is -1.30. The fourth-order valence-corrected chi connectivity index (χ4v) is 0.926. The zero-order valence-corrected chi connectivity index (χ0v) is 7.08. The summed E-state index contributed by atoms with van der Waals surface area (Å²) in [6.07, 6.45) is 0. The van der Waals surface area contributed by atoms with E-state index in [2.05, 4.69) is 5.32 Å². The SMILES string of the molecule is NCCNc1c(F)c(F)cc(F)c1F. The second-order valence-electron chi connectivity index (χ2n) is 2.56. The van der Waals surface area contributed by atoms with Gasteiger partial charge in [-0.15, -0.1) is 0 Å². The summed E-state index contributed by atoms with van der Waals surface area (Å²) in [5.74, 6) is -5.78. The summed E-state index contributed by atoms with van der Waals surface area (Å²) in [5.41, 5.74) is 4.23. The van der Waals surface area contributed by atoms with E-state index in [0.717, 1.165) is 0 Å². The van der Waals surface area contributed by atoms with Gasteiger partial charge in [0.05, 0.1) is 0 Å². The molecule has 0 unspecified atom stereocenters. The lowest BCUT2D eigenvalue weighted by atomic mass is 10.2. The van der Waals surface area contributed by atoms with Gasteiger partial charge in [-0.2, -0.15) is 0 Å². The van der Waals surface area contributed by atoms with Crippen LogP contribution in [0.15, 0.2) is 6.07 Å². The molecule has 1 aromatic rings. The molecular formula is C8H8F4N2. The topological polar surface area (TPSA) is 38.0 Å². The molecule has 0 aromatic heterocycles. The largest absolute Gasteiger partial charge is 0.379 e. The Kier molecular flexibility index (Phi) is 3.29. The van der Waals surface area contributed by atoms with E-state index in [1.165, 1.54) is 0 Å². The first-order valence-electron chi connectivity index (χ1n) is 3.85. The van der Waals surface area contributed by atoms with Crippen LogP contribution in [0.3, 0.4) is 0 Å². The fourth-order valence-electron chi connectivity index (χ4n) is 0.926. The van der Waals surface area contributed by atoms with Crippen molar-refractivity contribution in [2.24, 2.45) is 5.73 Å². The van der Waals surface area contributed by atoms with Crippen LogP contribution in [0.2, 0.25) is 0 Å². The maximum absolute atomic E-state index is 12.9. The number of anilines is 1. The highest BCUT2D eigenvalue weighted by molar-refractivity contribution is 5.47. The van der Waals surface area contributed by atoms with E-state index in [1.807, 2.05) is 0 Å². The monoisotopic (exact) mass is 208 g/mol. The lowest BCUT2D eigenvalue weighted by Gasteiger charge is -2.08. The van der Waals surface area contributed by atoms with E-state index in [0.29, 0.717) is 0 Å². The smallest absolute Gasteiger partial charge is 0.185 e. The van der Waals surface area contributed by atoms with Gasteiger partial charge in [-0.3, -0.25) is 0 Å². The van der Waals surface area contributed by atoms with Gasteiger partial charge in [-0.05, 0) is 0 Å². The molecule has 3 N–H and O–H groups in total. The number of benzene rings is 1. The Balaban J connectivity index is 3.11. The Labute approximate surface area is 77.7 Å². The number of nitrogens with one attached hydrogen (secondary N) is 1. The Morgan fingerprint density at radius 3 is 2.00 bits per heavy atom. The van der Waals surface area contributed by atoms with Gasteiger partial charge in [-0.25, -0.2) is 17.6 Å².